The largest absolute Gasteiger partial charge is 0.496 e. The normalized spacial score (nSPS) is 13.6. The molecule has 0 unspecified atom stereocenters. The number of ether oxygens (including phenoxy) is 4. The molecule has 0 bridgehead atoms. The molecule has 0 aromatic heterocycles. The minimum atomic E-state index is -0.681. The van der Waals surface area contributed by atoms with E-state index in [-0.39, 0.29) is 13.2 Å². The van der Waals surface area contributed by atoms with E-state index in [1.807, 2.05) is 43.3 Å². The Labute approximate surface area is 208 Å². The Balaban J connectivity index is 2.14. The van der Waals surface area contributed by atoms with Crippen LogP contribution in [0.25, 0.3) is 0 Å². The number of esters is 2. The van der Waals surface area contributed by atoms with Gasteiger partial charge in [0, 0.05) is 18.1 Å². The molecule has 0 aliphatic carbocycles. The van der Waals surface area contributed by atoms with Gasteiger partial charge < -0.3 is 23.8 Å². The number of carbonyl (C=O) groups is 2. The molecule has 1 aliphatic rings. The SMILES string of the molecule is CCOC(=O)C1=CN(c2ccc(OCC)cc2)C=C(C(=O)OCC)C1c1ccc(OC)c(Br)c1. The summed E-state index contributed by atoms with van der Waals surface area (Å²) in [7, 11) is 1.57. The van der Waals surface area contributed by atoms with Crippen LogP contribution in [-0.4, -0.2) is 38.9 Å². The quantitative estimate of drug-likeness (QED) is 0.405. The molecule has 0 atom stereocenters. The van der Waals surface area contributed by atoms with Crippen LogP contribution in [0.1, 0.15) is 32.3 Å². The fraction of sp³-hybridized carbons (Fsp3) is 0.308. The third-order valence-electron chi connectivity index (χ3n) is 5.16. The van der Waals surface area contributed by atoms with Crippen molar-refractivity contribution in [1.29, 1.82) is 0 Å². The van der Waals surface area contributed by atoms with E-state index in [0.29, 0.717) is 28.0 Å². The second kappa shape index (κ2) is 11.7. The summed E-state index contributed by atoms with van der Waals surface area (Å²) in [6, 6.07) is 12.8. The van der Waals surface area contributed by atoms with Crippen LogP contribution in [0, 0.1) is 0 Å². The molecule has 0 amide bonds. The number of anilines is 1. The van der Waals surface area contributed by atoms with E-state index in [9.17, 15) is 9.59 Å². The van der Waals surface area contributed by atoms with Crippen molar-refractivity contribution in [3.05, 3.63) is 76.0 Å². The Morgan fingerprint density at radius 3 is 1.94 bits per heavy atom. The van der Waals surface area contributed by atoms with Crippen molar-refractivity contribution in [2.24, 2.45) is 0 Å². The molecule has 8 heteroatoms. The number of benzene rings is 2. The van der Waals surface area contributed by atoms with Crippen LogP contribution in [0.15, 0.2) is 70.5 Å². The van der Waals surface area contributed by atoms with Gasteiger partial charge in [-0.15, -0.1) is 0 Å². The zero-order chi connectivity index (χ0) is 24.7. The fourth-order valence-corrected chi connectivity index (χ4v) is 4.23. The van der Waals surface area contributed by atoms with Crippen LogP contribution in [-0.2, 0) is 19.1 Å². The third kappa shape index (κ3) is 5.62. The van der Waals surface area contributed by atoms with Crippen molar-refractivity contribution >= 4 is 33.6 Å². The molecule has 2 aromatic carbocycles. The van der Waals surface area contributed by atoms with Gasteiger partial charge in [-0.3, -0.25) is 0 Å². The molecule has 180 valence electrons. The minimum absolute atomic E-state index is 0.205. The van der Waals surface area contributed by atoms with Gasteiger partial charge in [0.15, 0.2) is 0 Å². The van der Waals surface area contributed by atoms with Gasteiger partial charge in [0.05, 0.1) is 48.5 Å². The second-order valence-electron chi connectivity index (χ2n) is 7.27. The minimum Gasteiger partial charge on any atom is -0.496 e. The highest BCUT2D eigenvalue weighted by Gasteiger charge is 2.36. The van der Waals surface area contributed by atoms with Crippen LogP contribution in [0.3, 0.4) is 0 Å². The van der Waals surface area contributed by atoms with E-state index in [1.165, 1.54) is 0 Å². The first-order chi connectivity index (χ1) is 16.4. The molecule has 7 nitrogen and oxygen atoms in total. The third-order valence-corrected chi connectivity index (χ3v) is 5.78. The summed E-state index contributed by atoms with van der Waals surface area (Å²) < 4.78 is 22.3. The summed E-state index contributed by atoms with van der Waals surface area (Å²) in [6.45, 7) is 6.37. The van der Waals surface area contributed by atoms with Gasteiger partial charge in [-0.2, -0.15) is 0 Å². The molecule has 2 aromatic rings. The lowest BCUT2D eigenvalue weighted by Gasteiger charge is -2.30. The Kier molecular flexibility index (Phi) is 8.76. The summed E-state index contributed by atoms with van der Waals surface area (Å²) in [6.07, 6.45) is 3.39. The number of halogens is 1. The Morgan fingerprint density at radius 1 is 0.882 bits per heavy atom. The molecular weight excluding hydrogens is 502 g/mol. The van der Waals surface area contributed by atoms with Crippen molar-refractivity contribution in [1.82, 2.24) is 0 Å². The number of hydrogen-bond donors (Lipinski definition) is 0. The molecule has 0 radical (unpaired) electrons. The molecule has 0 N–H and O–H groups in total. The Hall–Kier alpha value is -3.26. The molecule has 0 saturated carbocycles. The van der Waals surface area contributed by atoms with Gasteiger partial charge in [-0.1, -0.05) is 6.07 Å². The molecule has 34 heavy (non-hydrogen) atoms. The number of hydrogen-bond acceptors (Lipinski definition) is 7. The average Bonchev–Trinajstić information content (AvgIpc) is 2.84. The maximum absolute atomic E-state index is 13.1. The summed E-state index contributed by atoms with van der Waals surface area (Å²) in [4.78, 5) is 27.9. The first kappa shape index (κ1) is 25.4. The average molecular weight is 530 g/mol. The highest BCUT2D eigenvalue weighted by Crippen LogP contribution is 2.40. The van der Waals surface area contributed by atoms with Crippen molar-refractivity contribution < 1.29 is 28.5 Å². The van der Waals surface area contributed by atoms with Crippen molar-refractivity contribution in [2.75, 3.05) is 31.8 Å². The molecular formula is C26H28BrNO6. The van der Waals surface area contributed by atoms with E-state index in [4.69, 9.17) is 18.9 Å². The van der Waals surface area contributed by atoms with E-state index in [1.54, 1.807) is 44.3 Å². The predicted octanol–water partition coefficient (Wildman–Crippen LogP) is 5.35. The van der Waals surface area contributed by atoms with Crippen LogP contribution in [0.5, 0.6) is 11.5 Å². The first-order valence-corrected chi connectivity index (χ1v) is 11.8. The second-order valence-corrected chi connectivity index (χ2v) is 8.13. The van der Waals surface area contributed by atoms with E-state index >= 15 is 0 Å². The molecule has 3 rings (SSSR count). The van der Waals surface area contributed by atoms with Crippen LogP contribution in [0.2, 0.25) is 0 Å². The number of methoxy groups -OCH3 is 1. The standard InChI is InChI=1S/C26H28BrNO6/c1-5-32-19-11-9-18(10-12-19)28-15-20(25(29)33-6-2)24(21(16-28)26(30)34-7-3)17-8-13-23(31-4)22(27)14-17/h8-16,24H,5-7H2,1-4H3. The molecule has 0 saturated heterocycles. The smallest absolute Gasteiger partial charge is 0.336 e. The van der Waals surface area contributed by atoms with Crippen molar-refractivity contribution in [3.63, 3.8) is 0 Å². The molecule has 0 fully saturated rings. The lowest BCUT2D eigenvalue weighted by atomic mass is 9.83. The van der Waals surface area contributed by atoms with E-state index < -0.39 is 17.9 Å². The Bertz CT molecular complexity index is 1060. The van der Waals surface area contributed by atoms with Gasteiger partial charge in [-0.05, 0) is 78.7 Å². The lowest BCUT2D eigenvalue weighted by Crippen LogP contribution is -2.29. The zero-order valence-corrected chi connectivity index (χ0v) is 21.3. The zero-order valence-electron chi connectivity index (χ0n) is 19.7. The monoisotopic (exact) mass is 529 g/mol. The maximum Gasteiger partial charge on any atom is 0.336 e. The highest BCUT2D eigenvalue weighted by atomic mass is 79.9. The van der Waals surface area contributed by atoms with E-state index in [2.05, 4.69) is 15.9 Å². The van der Waals surface area contributed by atoms with Crippen LogP contribution >= 0.6 is 15.9 Å². The molecule has 1 heterocycles. The summed E-state index contributed by atoms with van der Waals surface area (Å²) in [5.41, 5.74) is 2.11. The summed E-state index contributed by atoms with van der Waals surface area (Å²) in [5.74, 6) is -0.331. The highest BCUT2D eigenvalue weighted by molar-refractivity contribution is 9.10. The van der Waals surface area contributed by atoms with Gasteiger partial charge in [0.25, 0.3) is 0 Å². The molecule has 0 spiro atoms. The first-order valence-electron chi connectivity index (χ1n) is 11.1. The van der Waals surface area contributed by atoms with Crippen LogP contribution < -0.4 is 14.4 Å². The topological polar surface area (TPSA) is 74.3 Å². The van der Waals surface area contributed by atoms with Crippen molar-refractivity contribution in [3.8, 4) is 11.5 Å². The number of rotatable bonds is 9. The number of carbonyl (C=O) groups excluding carboxylic acids is 2. The lowest BCUT2D eigenvalue weighted by molar-refractivity contribution is -0.139. The van der Waals surface area contributed by atoms with Crippen molar-refractivity contribution in [2.45, 2.75) is 26.7 Å². The van der Waals surface area contributed by atoms with E-state index in [0.717, 1.165) is 17.0 Å². The summed E-state index contributed by atoms with van der Waals surface area (Å²) in [5, 5.41) is 0. The Morgan fingerprint density at radius 2 is 1.47 bits per heavy atom. The number of nitrogens with zero attached hydrogens (tertiary/aromatic N) is 1. The summed E-state index contributed by atoms with van der Waals surface area (Å²) >= 11 is 3.50. The maximum atomic E-state index is 13.1. The van der Waals surface area contributed by atoms with Gasteiger partial charge in [-0.25, -0.2) is 9.59 Å². The fourth-order valence-electron chi connectivity index (χ4n) is 3.68. The van der Waals surface area contributed by atoms with Crippen LogP contribution in [0.4, 0.5) is 5.69 Å². The molecule has 1 aliphatic heterocycles. The van der Waals surface area contributed by atoms with Gasteiger partial charge in [0.1, 0.15) is 11.5 Å². The van der Waals surface area contributed by atoms with Gasteiger partial charge in [0.2, 0.25) is 0 Å². The van der Waals surface area contributed by atoms with Gasteiger partial charge >= 0.3 is 11.9 Å². The predicted molar refractivity (Wildman–Crippen MR) is 133 cm³/mol.